The minimum Gasteiger partial charge on any atom is -0.481 e. The molecule has 1 aromatic rings. The Morgan fingerprint density at radius 3 is 2.48 bits per heavy atom. The summed E-state index contributed by atoms with van der Waals surface area (Å²) in [6.45, 7) is 3.46. The van der Waals surface area contributed by atoms with Crippen molar-refractivity contribution in [3.05, 3.63) is 35.9 Å². The van der Waals surface area contributed by atoms with Gasteiger partial charge in [-0.1, -0.05) is 30.3 Å². The van der Waals surface area contributed by atoms with Crippen LogP contribution in [-0.4, -0.2) is 70.4 Å². The number of aliphatic carboxylic acids is 1. The number of carboxylic acid groups (broad SMARTS) is 1. The van der Waals surface area contributed by atoms with Gasteiger partial charge >= 0.3 is 11.9 Å². The van der Waals surface area contributed by atoms with Gasteiger partial charge in [0, 0.05) is 19.3 Å². The first kappa shape index (κ1) is 26.7. The van der Waals surface area contributed by atoms with E-state index in [9.17, 15) is 24.6 Å². The second-order valence-corrected chi connectivity index (χ2v) is 8.15. The van der Waals surface area contributed by atoms with E-state index in [0.717, 1.165) is 0 Å². The molecule has 1 aromatic carbocycles. The van der Waals surface area contributed by atoms with Crippen LogP contribution >= 0.6 is 0 Å². The van der Waals surface area contributed by atoms with Gasteiger partial charge in [-0.15, -0.1) is 0 Å². The van der Waals surface area contributed by atoms with Gasteiger partial charge in [0.15, 0.2) is 6.29 Å². The molecule has 0 bridgehead atoms. The lowest BCUT2D eigenvalue weighted by Crippen LogP contribution is -2.48. The van der Waals surface area contributed by atoms with E-state index in [4.69, 9.17) is 19.3 Å². The van der Waals surface area contributed by atoms with E-state index in [1.165, 1.54) is 0 Å². The molecule has 6 atom stereocenters. The number of aliphatic hydroxyl groups excluding tert-OH is 2. The highest BCUT2D eigenvalue weighted by Gasteiger charge is 2.35. The molecule has 0 spiro atoms. The lowest BCUT2D eigenvalue weighted by atomic mass is 10.0. The van der Waals surface area contributed by atoms with Gasteiger partial charge in [-0.2, -0.15) is 0 Å². The van der Waals surface area contributed by atoms with Crippen molar-refractivity contribution < 1.29 is 43.9 Å². The predicted octanol–water partition coefficient (Wildman–Crippen LogP) is 1.29. The van der Waals surface area contributed by atoms with Gasteiger partial charge in [0.05, 0.1) is 31.3 Å². The minimum absolute atomic E-state index is 0.0164. The third-order valence-electron chi connectivity index (χ3n) is 5.30. The summed E-state index contributed by atoms with van der Waals surface area (Å²) in [5.74, 6) is -2.00. The average Bonchev–Trinajstić information content (AvgIpc) is 2.78. The Labute approximate surface area is 192 Å². The van der Waals surface area contributed by atoms with Crippen molar-refractivity contribution in [2.75, 3.05) is 6.54 Å². The van der Waals surface area contributed by atoms with E-state index in [1.54, 1.807) is 38.1 Å². The van der Waals surface area contributed by atoms with E-state index in [1.807, 2.05) is 6.07 Å². The molecule has 33 heavy (non-hydrogen) atoms. The molecule has 1 heterocycles. The molecule has 184 valence electrons. The molecule has 0 saturated carbocycles. The van der Waals surface area contributed by atoms with Crippen LogP contribution in [0.4, 0.5) is 0 Å². The van der Waals surface area contributed by atoms with Crippen LogP contribution in [0.5, 0.6) is 0 Å². The zero-order valence-corrected chi connectivity index (χ0v) is 18.9. The normalized spacial score (nSPS) is 24.5. The molecule has 1 aliphatic heterocycles. The number of aliphatic hydroxyl groups is 2. The maximum Gasteiger partial charge on any atom is 0.306 e. The van der Waals surface area contributed by atoms with Crippen molar-refractivity contribution >= 4 is 17.8 Å². The summed E-state index contributed by atoms with van der Waals surface area (Å²) >= 11 is 0. The standard InChI is InChI=1S/C23H33NO9/c1-14(31-23-18(26)12-17(25)15(2)32-23)8-11-22(30)33-19(16-6-4-3-5-7-16)13-24-20(27)9-10-21(28)29/h3-7,14-15,17-19,23,25-26H,8-13H2,1-2H3,(H,24,27)(H,28,29)/t14-,15?,17-,18+,19+,23-/m1/s1. The summed E-state index contributed by atoms with van der Waals surface area (Å²) in [6.07, 6.45) is -4.14. The molecule has 1 saturated heterocycles. The van der Waals surface area contributed by atoms with Crippen LogP contribution in [0.3, 0.4) is 0 Å². The minimum atomic E-state index is -1.07. The number of benzene rings is 1. The Hall–Kier alpha value is -2.53. The summed E-state index contributed by atoms with van der Waals surface area (Å²) < 4.78 is 16.7. The van der Waals surface area contributed by atoms with E-state index >= 15 is 0 Å². The molecule has 10 heteroatoms. The Morgan fingerprint density at radius 1 is 1.12 bits per heavy atom. The molecular weight excluding hydrogens is 434 g/mol. The first-order valence-corrected chi connectivity index (χ1v) is 11.1. The molecule has 4 N–H and O–H groups in total. The van der Waals surface area contributed by atoms with E-state index in [-0.39, 0.29) is 32.2 Å². The summed E-state index contributed by atoms with van der Waals surface area (Å²) in [5.41, 5.74) is 0.694. The Bertz CT molecular complexity index is 772. The van der Waals surface area contributed by atoms with Gasteiger partial charge in [0.25, 0.3) is 0 Å². The van der Waals surface area contributed by atoms with E-state index in [0.29, 0.717) is 12.0 Å². The monoisotopic (exact) mass is 467 g/mol. The van der Waals surface area contributed by atoms with Crippen LogP contribution in [-0.2, 0) is 28.6 Å². The highest BCUT2D eigenvalue weighted by molar-refractivity contribution is 5.80. The number of carboxylic acids is 1. The molecule has 1 amide bonds. The second kappa shape index (κ2) is 13.2. The number of carbonyl (C=O) groups excluding carboxylic acids is 2. The van der Waals surface area contributed by atoms with Crippen molar-refractivity contribution in [3.8, 4) is 0 Å². The molecule has 1 fully saturated rings. The quantitative estimate of drug-likeness (QED) is 0.333. The molecule has 0 aliphatic carbocycles. The largest absolute Gasteiger partial charge is 0.481 e. The zero-order chi connectivity index (χ0) is 24.4. The molecule has 1 unspecified atom stereocenters. The number of nitrogens with one attached hydrogen (secondary N) is 1. The Balaban J connectivity index is 1.84. The van der Waals surface area contributed by atoms with Gasteiger partial charge in [0.2, 0.25) is 5.91 Å². The Morgan fingerprint density at radius 2 is 1.82 bits per heavy atom. The molecule has 0 aromatic heterocycles. The molecule has 10 nitrogen and oxygen atoms in total. The van der Waals surface area contributed by atoms with Crippen molar-refractivity contribution in [1.82, 2.24) is 5.32 Å². The fraction of sp³-hybridized carbons (Fsp3) is 0.609. The van der Waals surface area contributed by atoms with Crippen molar-refractivity contribution in [1.29, 1.82) is 0 Å². The first-order valence-electron chi connectivity index (χ1n) is 11.1. The number of hydrogen-bond acceptors (Lipinski definition) is 8. The van der Waals surface area contributed by atoms with Gasteiger partial charge in [-0.3, -0.25) is 14.4 Å². The smallest absolute Gasteiger partial charge is 0.306 e. The Kier molecular flexibility index (Phi) is 10.7. The van der Waals surface area contributed by atoms with Crippen LogP contribution in [0.2, 0.25) is 0 Å². The number of ether oxygens (including phenoxy) is 3. The van der Waals surface area contributed by atoms with Crippen molar-refractivity contribution in [2.45, 2.75) is 82.8 Å². The molecule has 2 rings (SSSR count). The van der Waals surface area contributed by atoms with Crippen molar-refractivity contribution in [2.24, 2.45) is 0 Å². The van der Waals surface area contributed by atoms with Crippen LogP contribution < -0.4 is 5.32 Å². The summed E-state index contributed by atoms with van der Waals surface area (Å²) in [4.78, 5) is 34.9. The summed E-state index contributed by atoms with van der Waals surface area (Å²) in [5, 5.41) is 31.1. The van der Waals surface area contributed by atoms with Gasteiger partial charge < -0.3 is 34.8 Å². The van der Waals surface area contributed by atoms with Gasteiger partial charge in [-0.05, 0) is 25.8 Å². The van der Waals surface area contributed by atoms with Crippen LogP contribution in [0, 0.1) is 0 Å². The fourth-order valence-electron chi connectivity index (χ4n) is 3.31. The highest BCUT2D eigenvalue weighted by atomic mass is 16.7. The number of rotatable bonds is 12. The molecule has 0 radical (unpaired) electrons. The first-order chi connectivity index (χ1) is 15.7. The number of carbonyl (C=O) groups is 3. The fourth-order valence-corrected chi connectivity index (χ4v) is 3.31. The number of amides is 1. The SMILES string of the molecule is CC1O[C@@H](O[C@H](C)CCC(=O)O[C@@H](CNC(=O)CCC(=O)O)c2ccccc2)[C@@H](O)C[C@H]1O. The molecular formula is C23H33NO9. The maximum absolute atomic E-state index is 12.5. The highest BCUT2D eigenvalue weighted by Crippen LogP contribution is 2.23. The van der Waals surface area contributed by atoms with Gasteiger partial charge in [-0.25, -0.2) is 0 Å². The third-order valence-corrected chi connectivity index (χ3v) is 5.30. The summed E-state index contributed by atoms with van der Waals surface area (Å²) in [6, 6.07) is 8.92. The van der Waals surface area contributed by atoms with Crippen LogP contribution in [0.25, 0.3) is 0 Å². The lowest BCUT2D eigenvalue weighted by Gasteiger charge is -2.36. The van der Waals surface area contributed by atoms with Crippen LogP contribution in [0.1, 0.15) is 57.6 Å². The average molecular weight is 468 g/mol. The third kappa shape index (κ3) is 9.47. The van der Waals surface area contributed by atoms with Crippen LogP contribution in [0.15, 0.2) is 30.3 Å². The predicted molar refractivity (Wildman–Crippen MR) is 116 cm³/mol. The van der Waals surface area contributed by atoms with Gasteiger partial charge in [0.1, 0.15) is 12.2 Å². The second-order valence-electron chi connectivity index (χ2n) is 8.15. The topological polar surface area (TPSA) is 152 Å². The summed E-state index contributed by atoms with van der Waals surface area (Å²) in [7, 11) is 0. The van der Waals surface area contributed by atoms with E-state index in [2.05, 4.69) is 5.32 Å². The molecule has 1 aliphatic rings. The zero-order valence-electron chi connectivity index (χ0n) is 18.9. The van der Waals surface area contributed by atoms with E-state index < -0.39 is 54.7 Å². The number of hydrogen-bond donors (Lipinski definition) is 4. The number of esters is 1. The lowest BCUT2D eigenvalue weighted by molar-refractivity contribution is -0.273. The maximum atomic E-state index is 12.5. The van der Waals surface area contributed by atoms with Crippen molar-refractivity contribution in [3.63, 3.8) is 0 Å².